The minimum atomic E-state index is -0.251. The third-order valence-corrected chi connectivity index (χ3v) is 4.56. The number of rotatable bonds is 8. The van der Waals surface area contributed by atoms with Gasteiger partial charge >= 0.3 is 0 Å². The van der Waals surface area contributed by atoms with E-state index in [2.05, 4.69) is 23.2 Å². The van der Waals surface area contributed by atoms with E-state index >= 15 is 0 Å². The molecule has 0 saturated heterocycles. The minimum Gasteiger partial charge on any atom is -0.490 e. The van der Waals surface area contributed by atoms with Crippen molar-refractivity contribution in [3.63, 3.8) is 0 Å². The molecular formula is C21H25FN2O2. The highest BCUT2D eigenvalue weighted by atomic mass is 19.1. The maximum absolute atomic E-state index is 14.1. The molecule has 1 aliphatic heterocycles. The Morgan fingerprint density at radius 3 is 2.92 bits per heavy atom. The minimum absolute atomic E-state index is 0.251. The summed E-state index contributed by atoms with van der Waals surface area (Å²) < 4.78 is 19.8. The average Bonchev–Trinajstić information content (AvgIpc) is 2.66. The van der Waals surface area contributed by atoms with E-state index < -0.39 is 0 Å². The Kier molecular flexibility index (Phi) is 6.10. The van der Waals surface area contributed by atoms with Crippen LogP contribution in [0.25, 0.3) is 0 Å². The van der Waals surface area contributed by atoms with Gasteiger partial charge in [-0.15, -0.1) is 0 Å². The van der Waals surface area contributed by atoms with Crippen LogP contribution in [0.1, 0.15) is 30.9 Å². The molecular weight excluding hydrogens is 331 g/mol. The summed E-state index contributed by atoms with van der Waals surface area (Å²) in [6.07, 6.45) is 2.70. The van der Waals surface area contributed by atoms with Crippen LogP contribution in [0, 0.1) is 5.82 Å². The summed E-state index contributed by atoms with van der Waals surface area (Å²) in [5, 5.41) is 3.36. The fourth-order valence-electron chi connectivity index (χ4n) is 3.21. The van der Waals surface area contributed by atoms with Gasteiger partial charge in [0, 0.05) is 25.2 Å². The lowest BCUT2D eigenvalue weighted by atomic mass is 10.1. The van der Waals surface area contributed by atoms with Crippen molar-refractivity contribution in [2.75, 3.05) is 29.9 Å². The molecule has 0 saturated carbocycles. The number of nitrogens with zero attached hydrogens (tertiary/aromatic N) is 1. The Hall–Kier alpha value is -2.56. The molecule has 0 spiro atoms. The summed E-state index contributed by atoms with van der Waals surface area (Å²) in [5.74, 6) is 0.667. The van der Waals surface area contributed by atoms with Crippen molar-refractivity contribution in [3.05, 3.63) is 53.3 Å². The molecule has 4 nitrogen and oxygen atoms in total. The highest BCUT2D eigenvalue weighted by molar-refractivity contribution is 5.67. The Balaban J connectivity index is 1.67. The second kappa shape index (κ2) is 8.70. The summed E-state index contributed by atoms with van der Waals surface area (Å²) in [7, 11) is 0. The molecule has 2 aromatic carbocycles. The number of hydrogen-bond acceptors (Lipinski definition) is 4. The molecule has 26 heavy (non-hydrogen) atoms. The van der Waals surface area contributed by atoms with Crippen molar-refractivity contribution in [1.29, 1.82) is 0 Å². The summed E-state index contributed by atoms with van der Waals surface area (Å²) in [4.78, 5) is 12.8. The van der Waals surface area contributed by atoms with Crippen LogP contribution in [0.4, 0.5) is 15.8 Å². The van der Waals surface area contributed by atoms with Gasteiger partial charge < -0.3 is 19.7 Å². The van der Waals surface area contributed by atoms with E-state index in [9.17, 15) is 9.18 Å². The first kappa shape index (κ1) is 18.2. The topological polar surface area (TPSA) is 41.6 Å². The number of hydrogen-bond donors (Lipinski definition) is 1. The fraction of sp³-hybridized carbons (Fsp3) is 0.381. The van der Waals surface area contributed by atoms with Crippen LogP contribution >= 0.6 is 0 Å². The lowest BCUT2D eigenvalue weighted by molar-refractivity contribution is -0.107. The van der Waals surface area contributed by atoms with Gasteiger partial charge in [0.1, 0.15) is 24.5 Å². The van der Waals surface area contributed by atoms with E-state index in [-0.39, 0.29) is 5.82 Å². The Bertz CT molecular complexity index is 764. The highest BCUT2D eigenvalue weighted by Crippen LogP contribution is 2.34. The van der Waals surface area contributed by atoms with Gasteiger partial charge in [0.05, 0.1) is 12.2 Å². The Morgan fingerprint density at radius 2 is 2.15 bits per heavy atom. The number of halogens is 1. The normalized spacial score (nSPS) is 13.1. The van der Waals surface area contributed by atoms with Crippen LogP contribution in [0.3, 0.4) is 0 Å². The van der Waals surface area contributed by atoms with Gasteiger partial charge in [-0.05, 0) is 48.2 Å². The lowest BCUT2D eigenvalue weighted by Crippen LogP contribution is -2.33. The Morgan fingerprint density at radius 1 is 1.27 bits per heavy atom. The molecule has 0 amide bonds. The van der Waals surface area contributed by atoms with Gasteiger partial charge in [0.2, 0.25) is 0 Å². The quantitative estimate of drug-likeness (QED) is 0.721. The van der Waals surface area contributed by atoms with Crippen molar-refractivity contribution in [2.45, 2.75) is 32.7 Å². The average molecular weight is 356 g/mol. The molecule has 0 aliphatic carbocycles. The SMILES string of the molecule is CCCN1CCOc2ccc(NCc3ccc(CCC=O)c(F)c3)cc21. The van der Waals surface area contributed by atoms with Gasteiger partial charge in [-0.25, -0.2) is 4.39 Å². The number of aryl methyl sites for hydroxylation is 1. The molecule has 1 aliphatic rings. The zero-order valence-electron chi connectivity index (χ0n) is 15.1. The largest absolute Gasteiger partial charge is 0.490 e. The third kappa shape index (κ3) is 4.34. The fourth-order valence-corrected chi connectivity index (χ4v) is 3.21. The Labute approximate surface area is 154 Å². The van der Waals surface area contributed by atoms with E-state index in [0.29, 0.717) is 24.9 Å². The van der Waals surface area contributed by atoms with Crippen LogP contribution < -0.4 is 15.0 Å². The first-order valence-corrected chi connectivity index (χ1v) is 9.18. The zero-order valence-corrected chi connectivity index (χ0v) is 15.1. The first-order valence-electron chi connectivity index (χ1n) is 9.18. The predicted octanol–water partition coefficient (Wildman–Crippen LogP) is 4.18. The van der Waals surface area contributed by atoms with E-state index in [0.717, 1.165) is 55.1 Å². The molecule has 3 rings (SSSR count). The molecule has 1 heterocycles. The molecule has 0 aromatic heterocycles. The van der Waals surface area contributed by atoms with Crippen molar-refractivity contribution in [3.8, 4) is 5.75 Å². The monoisotopic (exact) mass is 356 g/mol. The number of carbonyl (C=O) groups excluding carboxylic acids is 1. The summed E-state index contributed by atoms with van der Waals surface area (Å²) in [6.45, 7) is 5.34. The van der Waals surface area contributed by atoms with Crippen LogP contribution in [-0.4, -0.2) is 26.0 Å². The van der Waals surface area contributed by atoms with E-state index in [4.69, 9.17) is 4.74 Å². The van der Waals surface area contributed by atoms with E-state index in [1.165, 1.54) is 6.07 Å². The summed E-state index contributed by atoms with van der Waals surface area (Å²) in [5.41, 5.74) is 3.55. The molecule has 1 N–H and O–H groups in total. The van der Waals surface area contributed by atoms with Crippen LogP contribution in [0.2, 0.25) is 0 Å². The van der Waals surface area contributed by atoms with Gasteiger partial charge in [0.15, 0.2) is 0 Å². The number of nitrogens with one attached hydrogen (secondary N) is 1. The van der Waals surface area contributed by atoms with Gasteiger partial charge in [0.25, 0.3) is 0 Å². The van der Waals surface area contributed by atoms with Gasteiger partial charge in [-0.2, -0.15) is 0 Å². The van der Waals surface area contributed by atoms with Crippen molar-refractivity contribution < 1.29 is 13.9 Å². The second-order valence-corrected chi connectivity index (χ2v) is 6.50. The highest BCUT2D eigenvalue weighted by Gasteiger charge is 2.17. The number of fused-ring (bicyclic) bond motifs is 1. The van der Waals surface area contributed by atoms with Crippen molar-refractivity contribution in [1.82, 2.24) is 0 Å². The lowest BCUT2D eigenvalue weighted by Gasteiger charge is -2.31. The molecule has 5 heteroatoms. The maximum Gasteiger partial charge on any atom is 0.142 e. The van der Waals surface area contributed by atoms with Gasteiger partial charge in [-0.1, -0.05) is 19.1 Å². The third-order valence-electron chi connectivity index (χ3n) is 4.56. The molecule has 0 fully saturated rings. The maximum atomic E-state index is 14.1. The molecule has 0 radical (unpaired) electrons. The standard InChI is InChI=1S/C21H25FN2O2/c1-2-9-24-10-12-26-21-8-7-18(14-20(21)24)23-15-16-5-6-17(4-3-11-25)19(22)13-16/h5-8,11,13-14,23H,2-4,9-10,12,15H2,1H3. The second-order valence-electron chi connectivity index (χ2n) is 6.50. The molecule has 0 unspecified atom stereocenters. The number of carbonyl (C=O) groups is 1. The number of benzene rings is 2. The number of anilines is 2. The molecule has 2 aromatic rings. The summed E-state index contributed by atoms with van der Waals surface area (Å²) >= 11 is 0. The molecule has 138 valence electrons. The van der Waals surface area contributed by atoms with Crippen molar-refractivity contribution >= 4 is 17.7 Å². The summed E-state index contributed by atoms with van der Waals surface area (Å²) in [6, 6.07) is 11.3. The van der Waals surface area contributed by atoms with Gasteiger partial charge in [-0.3, -0.25) is 0 Å². The van der Waals surface area contributed by atoms with E-state index in [1.54, 1.807) is 6.07 Å². The zero-order chi connectivity index (χ0) is 18.4. The number of ether oxygens (including phenoxy) is 1. The van der Waals surface area contributed by atoms with Crippen LogP contribution in [0.5, 0.6) is 5.75 Å². The van der Waals surface area contributed by atoms with E-state index in [1.807, 2.05) is 18.2 Å². The van der Waals surface area contributed by atoms with Crippen LogP contribution in [-0.2, 0) is 17.8 Å². The molecule has 0 bridgehead atoms. The smallest absolute Gasteiger partial charge is 0.142 e. The van der Waals surface area contributed by atoms with Crippen LogP contribution in [0.15, 0.2) is 36.4 Å². The molecule has 0 atom stereocenters. The predicted molar refractivity (Wildman–Crippen MR) is 103 cm³/mol. The number of aldehydes is 1. The first-order chi connectivity index (χ1) is 12.7. The van der Waals surface area contributed by atoms with Crippen molar-refractivity contribution in [2.24, 2.45) is 0 Å².